The number of carbonyl (C=O) groups is 1. The van der Waals surface area contributed by atoms with Crippen molar-refractivity contribution in [2.24, 2.45) is 7.05 Å². The number of rotatable bonds is 3. The number of hydrogen-bond donors (Lipinski definition) is 2. The fraction of sp³-hybridized carbons (Fsp3) is 0.357. The summed E-state index contributed by atoms with van der Waals surface area (Å²) in [4.78, 5) is 13.4. The van der Waals surface area contributed by atoms with Gasteiger partial charge < -0.3 is 19.9 Å². The summed E-state index contributed by atoms with van der Waals surface area (Å²) >= 11 is 0. The molecule has 2 N–H and O–H groups in total. The van der Waals surface area contributed by atoms with E-state index in [1.54, 1.807) is 4.90 Å². The molecule has 1 aliphatic rings. The zero-order valence-electron chi connectivity index (χ0n) is 10.8. The van der Waals surface area contributed by atoms with Gasteiger partial charge in [-0.3, -0.25) is 0 Å². The zero-order valence-corrected chi connectivity index (χ0v) is 10.8. The number of fused-ring (bicyclic) bond motifs is 1. The van der Waals surface area contributed by atoms with Crippen molar-refractivity contribution in [3.8, 4) is 0 Å². The van der Waals surface area contributed by atoms with E-state index in [0.717, 1.165) is 11.1 Å². The molecule has 3 rings (SSSR count). The quantitative estimate of drug-likeness (QED) is 0.871. The molecule has 100 valence electrons. The van der Waals surface area contributed by atoms with E-state index in [2.05, 4.69) is 28.2 Å². The second-order valence-electron chi connectivity index (χ2n) is 4.88. The highest BCUT2D eigenvalue weighted by atomic mass is 16.3. The molecule has 19 heavy (non-hydrogen) atoms. The lowest BCUT2D eigenvalue weighted by molar-refractivity contribution is 0.196. The Balaban J connectivity index is 1.96. The van der Waals surface area contributed by atoms with Crippen molar-refractivity contribution in [1.29, 1.82) is 0 Å². The van der Waals surface area contributed by atoms with Crippen LogP contribution in [0.3, 0.4) is 0 Å². The minimum atomic E-state index is -0.105. The number of aryl methyl sites for hydroxylation is 1. The van der Waals surface area contributed by atoms with E-state index in [1.165, 1.54) is 5.39 Å². The number of aromatic nitrogens is 1. The predicted molar refractivity (Wildman–Crippen MR) is 72.9 cm³/mol. The topological polar surface area (TPSA) is 57.5 Å². The third kappa shape index (κ3) is 1.96. The van der Waals surface area contributed by atoms with Crippen LogP contribution in [0.1, 0.15) is 11.6 Å². The SMILES string of the molecule is Cn1cc(C2CN(CCO)C(=O)N2)c2ccccc21. The van der Waals surface area contributed by atoms with Gasteiger partial charge in [-0.05, 0) is 6.07 Å². The molecule has 1 aromatic heterocycles. The van der Waals surface area contributed by atoms with Crippen LogP contribution in [-0.2, 0) is 7.05 Å². The molecule has 0 bridgehead atoms. The number of nitrogens with one attached hydrogen (secondary N) is 1. The van der Waals surface area contributed by atoms with Crippen LogP contribution >= 0.6 is 0 Å². The average Bonchev–Trinajstić information content (AvgIpc) is 2.93. The zero-order chi connectivity index (χ0) is 13.4. The molecule has 1 unspecified atom stereocenters. The van der Waals surface area contributed by atoms with Crippen molar-refractivity contribution in [3.63, 3.8) is 0 Å². The number of aliphatic hydroxyl groups excluding tert-OH is 1. The minimum Gasteiger partial charge on any atom is -0.395 e. The maximum absolute atomic E-state index is 11.8. The van der Waals surface area contributed by atoms with E-state index < -0.39 is 0 Å². The summed E-state index contributed by atoms with van der Waals surface area (Å²) < 4.78 is 2.07. The van der Waals surface area contributed by atoms with E-state index >= 15 is 0 Å². The van der Waals surface area contributed by atoms with Gasteiger partial charge in [0.2, 0.25) is 0 Å². The second kappa shape index (κ2) is 4.59. The molecule has 0 aliphatic carbocycles. The Morgan fingerprint density at radius 2 is 2.21 bits per heavy atom. The third-order valence-corrected chi connectivity index (χ3v) is 3.66. The highest BCUT2D eigenvalue weighted by molar-refractivity contribution is 5.86. The minimum absolute atomic E-state index is 0.00429. The Kier molecular flexibility index (Phi) is 2.91. The number of benzene rings is 1. The van der Waals surface area contributed by atoms with Crippen LogP contribution in [0, 0.1) is 0 Å². The molecule has 5 heteroatoms. The summed E-state index contributed by atoms with van der Waals surface area (Å²) in [6.07, 6.45) is 2.07. The van der Waals surface area contributed by atoms with Crippen molar-refractivity contribution < 1.29 is 9.90 Å². The van der Waals surface area contributed by atoms with Crippen LogP contribution in [-0.4, -0.2) is 40.3 Å². The molecule has 2 aromatic rings. The summed E-state index contributed by atoms with van der Waals surface area (Å²) in [5.74, 6) is 0. The van der Waals surface area contributed by atoms with Crippen molar-refractivity contribution in [1.82, 2.24) is 14.8 Å². The fourth-order valence-electron chi connectivity index (χ4n) is 2.73. The number of carbonyl (C=O) groups excluding carboxylic acids is 1. The number of hydrogen-bond acceptors (Lipinski definition) is 2. The van der Waals surface area contributed by atoms with Crippen molar-refractivity contribution in [3.05, 3.63) is 36.0 Å². The molecule has 1 fully saturated rings. The summed E-state index contributed by atoms with van der Waals surface area (Å²) in [6.45, 7) is 0.982. The van der Waals surface area contributed by atoms with Gasteiger partial charge in [0.25, 0.3) is 0 Å². The van der Waals surface area contributed by atoms with E-state index in [-0.39, 0.29) is 18.7 Å². The molecule has 0 spiro atoms. The molecular formula is C14H17N3O2. The summed E-state index contributed by atoms with van der Waals surface area (Å²) in [6, 6.07) is 8.05. The first-order valence-electron chi connectivity index (χ1n) is 6.41. The lowest BCUT2D eigenvalue weighted by Crippen LogP contribution is -2.30. The number of β-amino-alcohol motifs (C(OH)–C–C–N with tert-alkyl or cyclic N) is 1. The predicted octanol–water partition coefficient (Wildman–Crippen LogP) is 1.24. The van der Waals surface area contributed by atoms with Crippen LogP contribution < -0.4 is 5.32 Å². The van der Waals surface area contributed by atoms with Crippen LogP contribution in [0.25, 0.3) is 10.9 Å². The highest BCUT2D eigenvalue weighted by Crippen LogP contribution is 2.28. The van der Waals surface area contributed by atoms with Crippen molar-refractivity contribution >= 4 is 16.9 Å². The van der Waals surface area contributed by atoms with E-state index in [0.29, 0.717) is 13.1 Å². The van der Waals surface area contributed by atoms with Crippen LogP contribution in [0.2, 0.25) is 0 Å². The normalized spacial score (nSPS) is 19.2. The molecule has 1 atom stereocenters. The van der Waals surface area contributed by atoms with Crippen LogP contribution in [0.15, 0.2) is 30.5 Å². The van der Waals surface area contributed by atoms with Gasteiger partial charge in [0.1, 0.15) is 0 Å². The first-order valence-corrected chi connectivity index (χ1v) is 6.41. The standard InChI is InChI=1S/C14H17N3O2/c1-16-8-11(10-4-2-3-5-13(10)16)12-9-17(6-7-18)14(19)15-12/h2-5,8,12,18H,6-7,9H2,1H3,(H,15,19). The third-order valence-electron chi connectivity index (χ3n) is 3.66. The smallest absolute Gasteiger partial charge is 0.318 e. The van der Waals surface area contributed by atoms with Crippen molar-refractivity contribution in [2.45, 2.75) is 6.04 Å². The van der Waals surface area contributed by atoms with Gasteiger partial charge in [-0.15, -0.1) is 0 Å². The number of amides is 2. The summed E-state index contributed by atoms with van der Waals surface area (Å²) in [5, 5.41) is 13.1. The number of para-hydroxylation sites is 1. The maximum atomic E-state index is 11.8. The molecular weight excluding hydrogens is 242 g/mol. The Labute approximate surface area is 111 Å². The monoisotopic (exact) mass is 259 g/mol. The first-order chi connectivity index (χ1) is 9.20. The molecule has 5 nitrogen and oxygen atoms in total. The van der Waals surface area contributed by atoms with E-state index in [1.807, 2.05) is 19.2 Å². The molecule has 1 saturated heterocycles. The molecule has 1 aliphatic heterocycles. The number of aliphatic hydroxyl groups is 1. The molecule has 1 aromatic carbocycles. The van der Waals surface area contributed by atoms with Crippen LogP contribution in [0.4, 0.5) is 4.79 Å². The van der Waals surface area contributed by atoms with E-state index in [9.17, 15) is 4.79 Å². The van der Waals surface area contributed by atoms with Gasteiger partial charge in [0, 0.05) is 42.8 Å². The van der Waals surface area contributed by atoms with Gasteiger partial charge in [-0.1, -0.05) is 18.2 Å². The van der Waals surface area contributed by atoms with Gasteiger partial charge >= 0.3 is 6.03 Å². The summed E-state index contributed by atoms with van der Waals surface area (Å²) in [5.41, 5.74) is 2.29. The molecule has 0 radical (unpaired) electrons. The lowest BCUT2D eigenvalue weighted by atomic mass is 10.1. The van der Waals surface area contributed by atoms with Gasteiger partial charge in [-0.2, -0.15) is 0 Å². The largest absolute Gasteiger partial charge is 0.395 e. The Bertz CT molecular complexity index is 620. The number of urea groups is 1. The molecule has 2 amide bonds. The Morgan fingerprint density at radius 3 is 3.00 bits per heavy atom. The van der Waals surface area contributed by atoms with Gasteiger partial charge in [0.15, 0.2) is 0 Å². The van der Waals surface area contributed by atoms with E-state index in [4.69, 9.17) is 5.11 Å². The Hall–Kier alpha value is -2.01. The Morgan fingerprint density at radius 1 is 1.42 bits per heavy atom. The first kappa shape index (κ1) is 12.0. The molecule has 0 saturated carbocycles. The lowest BCUT2D eigenvalue weighted by Gasteiger charge is -2.12. The van der Waals surface area contributed by atoms with Gasteiger partial charge in [-0.25, -0.2) is 4.79 Å². The maximum Gasteiger partial charge on any atom is 0.318 e. The molecule has 2 heterocycles. The number of nitrogens with zero attached hydrogens (tertiary/aromatic N) is 2. The highest BCUT2D eigenvalue weighted by Gasteiger charge is 2.30. The second-order valence-corrected chi connectivity index (χ2v) is 4.88. The van der Waals surface area contributed by atoms with Crippen LogP contribution in [0.5, 0.6) is 0 Å². The fourth-order valence-corrected chi connectivity index (χ4v) is 2.73. The van der Waals surface area contributed by atoms with Gasteiger partial charge in [0.05, 0.1) is 12.6 Å². The summed E-state index contributed by atoms with van der Waals surface area (Å²) in [7, 11) is 2.01. The van der Waals surface area contributed by atoms with Crippen molar-refractivity contribution in [2.75, 3.05) is 19.7 Å². The average molecular weight is 259 g/mol.